The van der Waals surface area contributed by atoms with E-state index >= 15 is 0 Å². The molecule has 118 valence electrons. The molecule has 1 aliphatic rings. The van der Waals surface area contributed by atoms with E-state index in [0.717, 1.165) is 12.1 Å². The largest absolute Gasteiger partial charge is 0.399 e. The number of hydrogen-bond acceptors (Lipinski definition) is 3. The first kappa shape index (κ1) is 21.7. The lowest BCUT2D eigenvalue weighted by Gasteiger charge is -2.01. The molecule has 0 spiro atoms. The molecule has 4 heteroatoms. The predicted molar refractivity (Wildman–Crippen MR) is 97.1 cm³/mol. The highest BCUT2D eigenvalue weighted by atomic mass is 31.0. The van der Waals surface area contributed by atoms with Gasteiger partial charge in [0.1, 0.15) is 0 Å². The van der Waals surface area contributed by atoms with Gasteiger partial charge in [0, 0.05) is 5.69 Å². The lowest BCUT2D eigenvalue weighted by atomic mass is 10.1. The smallest absolute Gasteiger partial charge is 0.0346 e. The van der Waals surface area contributed by atoms with Gasteiger partial charge in [-0.1, -0.05) is 48.4 Å². The minimum absolute atomic E-state index is 0.903. The number of para-hydroxylation sites is 1. The van der Waals surface area contributed by atoms with Crippen molar-refractivity contribution in [3.05, 3.63) is 29.8 Å². The van der Waals surface area contributed by atoms with Gasteiger partial charge in [0.15, 0.2) is 0 Å². The van der Waals surface area contributed by atoms with Crippen molar-refractivity contribution < 1.29 is 0 Å². The van der Waals surface area contributed by atoms with Crippen LogP contribution in [0.2, 0.25) is 0 Å². The van der Waals surface area contributed by atoms with E-state index in [9.17, 15) is 0 Å². The number of aryl methyl sites for hydroxylation is 1. The fourth-order valence-corrected chi connectivity index (χ4v) is 1.73. The highest BCUT2D eigenvalue weighted by Crippen LogP contribution is 2.09. The van der Waals surface area contributed by atoms with Crippen molar-refractivity contribution in [2.45, 2.75) is 40.0 Å². The zero-order valence-electron chi connectivity index (χ0n) is 13.9. The highest BCUT2D eigenvalue weighted by molar-refractivity contribution is 7.13. The van der Waals surface area contributed by atoms with Gasteiger partial charge in [-0.25, -0.2) is 0 Å². The van der Waals surface area contributed by atoms with E-state index < -0.39 is 0 Å². The van der Waals surface area contributed by atoms with Gasteiger partial charge in [-0.3, -0.25) is 0 Å². The monoisotopic (exact) mass is 299 g/mol. The van der Waals surface area contributed by atoms with Crippen molar-refractivity contribution in [3.8, 4) is 0 Å². The molecule has 20 heavy (non-hydrogen) atoms. The van der Waals surface area contributed by atoms with Crippen LogP contribution in [-0.2, 0) is 6.42 Å². The van der Waals surface area contributed by atoms with Crippen LogP contribution in [0, 0.1) is 0 Å². The number of nitrogens with zero attached hydrogens (tertiary/aromatic N) is 1. The third kappa shape index (κ3) is 12.4. The molecule has 0 aromatic heterocycles. The van der Waals surface area contributed by atoms with E-state index in [4.69, 9.17) is 5.73 Å². The minimum atomic E-state index is 0.903. The minimum Gasteiger partial charge on any atom is -0.399 e. The van der Waals surface area contributed by atoms with Crippen LogP contribution in [0.4, 0.5) is 5.69 Å². The molecule has 1 heterocycles. The van der Waals surface area contributed by atoms with E-state index in [1.54, 1.807) is 0 Å². The van der Waals surface area contributed by atoms with Crippen LogP contribution in [0.5, 0.6) is 0 Å². The first-order chi connectivity index (χ1) is 9.65. The molecule has 2 rings (SSSR count). The summed E-state index contributed by atoms with van der Waals surface area (Å²) in [5.74, 6) is 0. The molecule has 3 N–H and O–H groups in total. The van der Waals surface area contributed by atoms with E-state index in [1.165, 1.54) is 31.5 Å². The van der Waals surface area contributed by atoms with Crippen LogP contribution in [0.25, 0.3) is 0 Å². The molecule has 1 unspecified atom stereocenters. The molecule has 1 aromatic carbocycles. The van der Waals surface area contributed by atoms with Gasteiger partial charge in [0.05, 0.1) is 0 Å². The second-order valence-electron chi connectivity index (χ2n) is 4.35. The lowest BCUT2D eigenvalue weighted by molar-refractivity contribution is 0.418. The van der Waals surface area contributed by atoms with Crippen LogP contribution in [0.15, 0.2) is 24.3 Å². The molecule has 0 bridgehead atoms. The number of benzene rings is 1. The Labute approximate surface area is 128 Å². The molecule has 1 atom stereocenters. The Morgan fingerprint density at radius 3 is 1.90 bits per heavy atom. The van der Waals surface area contributed by atoms with Gasteiger partial charge in [-0.05, 0) is 58.1 Å². The van der Waals surface area contributed by atoms with Gasteiger partial charge in [-0.2, -0.15) is 0 Å². The molecule has 1 fully saturated rings. The Balaban J connectivity index is 0. The maximum atomic E-state index is 5.63. The maximum Gasteiger partial charge on any atom is 0.0346 e. The quantitative estimate of drug-likeness (QED) is 0.615. The van der Waals surface area contributed by atoms with Crippen molar-refractivity contribution in [3.63, 3.8) is 0 Å². The summed E-state index contributed by atoms with van der Waals surface area (Å²) in [5.41, 5.74) is 7.77. The second-order valence-corrected chi connectivity index (χ2v) is 4.93. The van der Waals surface area contributed by atoms with Gasteiger partial charge < -0.3 is 15.7 Å². The highest BCUT2D eigenvalue weighted by Gasteiger charge is 2.03. The van der Waals surface area contributed by atoms with Crippen molar-refractivity contribution in [2.75, 3.05) is 32.9 Å². The van der Waals surface area contributed by atoms with E-state index in [0.29, 0.717) is 0 Å². The molecule has 1 aromatic rings. The van der Waals surface area contributed by atoms with Crippen molar-refractivity contribution in [2.24, 2.45) is 0 Å². The summed E-state index contributed by atoms with van der Waals surface area (Å²) in [5, 5.41) is 2.67. The lowest BCUT2D eigenvalue weighted by Crippen LogP contribution is -2.10. The zero-order valence-corrected chi connectivity index (χ0v) is 15.1. The molecular weight excluding hydrogens is 265 g/mol. The Morgan fingerprint density at radius 2 is 1.65 bits per heavy atom. The Morgan fingerprint density at radius 1 is 1.20 bits per heavy atom. The molecule has 0 radical (unpaired) electrons. The fourth-order valence-electron chi connectivity index (χ4n) is 1.73. The van der Waals surface area contributed by atoms with Crippen molar-refractivity contribution in [1.29, 1.82) is 0 Å². The number of hydrogen-bond donors (Lipinski definition) is 2. The number of nitrogens with two attached hydrogens (primary N) is 1. The van der Waals surface area contributed by atoms with E-state index in [2.05, 4.69) is 39.4 Å². The number of nitrogen functional groups attached to an aromatic ring is 1. The van der Waals surface area contributed by atoms with Crippen LogP contribution in [0.3, 0.4) is 0 Å². The molecular formula is C16H34N3P. The van der Waals surface area contributed by atoms with Crippen LogP contribution >= 0.6 is 9.39 Å². The summed E-state index contributed by atoms with van der Waals surface area (Å²) in [6.45, 7) is 8.74. The molecule has 0 amide bonds. The molecule has 0 saturated carbocycles. The average molecular weight is 299 g/mol. The summed E-state index contributed by atoms with van der Waals surface area (Å²) in [4.78, 5) is 2.36. The van der Waals surface area contributed by atoms with Crippen LogP contribution in [-0.4, -0.2) is 32.1 Å². The molecule has 0 aliphatic carbocycles. The van der Waals surface area contributed by atoms with Crippen molar-refractivity contribution >= 4 is 15.1 Å². The number of nitrogens with one attached hydrogen (secondary N) is 1. The summed E-state index contributed by atoms with van der Waals surface area (Å²) >= 11 is 0. The summed E-state index contributed by atoms with van der Waals surface area (Å²) in [6.07, 6.45) is 3.85. The Hall–Kier alpha value is -0.630. The van der Waals surface area contributed by atoms with Gasteiger partial charge >= 0.3 is 0 Å². The second kappa shape index (κ2) is 16.4. The molecule has 1 saturated heterocycles. The standard InChI is InChI=1S/C8H11N.C5H11N.C2H6.CH6NP/c1-2-7-5-3-4-6-8(7)9;1-6-4-2-3-5-6;1-2;1-2-3/h3-6H,2,9H2,1H3;2-5H2,1H3;1-2H3;2H,3H2,1H3. The summed E-state index contributed by atoms with van der Waals surface area (Å²) < 4.78 is 0. The van der Waals surface area contributed by atoms with Crippen molar-refractivity contribution in [1.82, 2.24) is 9.99 Å². The number of anilines is 1. The third-order valence-corrected chi connectivity index (χ3v) is 2.77. The Kier molecular flexibility index (Phi) is 17.8. The van der Waals surface area contributed by atoms with Crippen LogP contribution in [0.1, 0.15) is 39.2 Å². The number of rotatable bonds is 1. The first-order valence-corrected chi connectivity index (χ1v) is 8.12. The summed E-state index contributed by atoms with van der Waals surface area (Å²) in [7, 11) is 6.34. The van der Waals surface area contributed by atoms with E-state index in [1.807, 2.05) is 39.1 Å². The van der Waals surface area contributed by atoms with E-state index in [-0.39, 0.29) is 0 Å². The SMILES string of the molecule is CC.CCc1ccccc1N.CN1CCCC1.CNP. The predicted octanol–water partition coefficient (Wildman–Crippen LogP) is 3.57. The third-order valence-electron chi connectivity index (χ3n) is 2.77. The zero-order chi connectivity index (χ0) is 15.8. The van der Waals surface area contributed by atoms with Gasteiger partial charge in [-0.15, -0.1) is 0 Å². The topological polar surface area (TPSA) is 41.3 Å². The van der Waals surface area contributed by atoms with Gasteiger partial charge in [0.2, 0.25) is 0 Å². The average Bonchev–Trinajstić information content (AvgIpc) is 2.94. The fraction of sp³-hybridized carbons (Fsp3) is 0.625. The first-order valence-electron chi connectivity index (χ1n) is 7.55. The Bertz CT molecular complexity index is 300. The summed E-state index contributed by atoms with van der Waals surface area (Å²) in [6, 6.07) is 7.94. The molecule has 3 nitrogen and oxygen atoms in total. The number of likely N-dealkylation sites (tertiary alicyclic amines) is 1. The van der Waals surface area contributed by atoms with Crippen LogP contribution < -0.4 is 10.8 Å². The maximum absolute atomic E-state index is 5.63. The van der Waals surface area contributed by atoms with Gasteiger partial charge in [0.25, 0.3) is 0 Å². The molecule has 1 aliphatic heterocycles. The normalized spacial score (nSPS) is 13.1.